The van der Waals surface area contributed by atoms with Crippen LogP contribution in [0.15, 0.2) is 76.2 Å². The van der Waals surface area contributed by atoms with Crippen LogP contribution < -0.4 is 4.90 Å². The van der Waals surface area contributed by atoms with Crippen molar-refractivity contribution in [2.45, 2.75) is 10.6 Å². The molecular weight excluding hydrogens is 374 g/mol. The normalized spacial score (nSPS) is 15.4. The topological polar surface area (TPSA) is 66.7 Å². The van der Waals surface area contributed by atoms with E-state index in [-0.39, 0.29) is 11.7 Å². The molecule has 1 atom stereocenters. The largest absolute Gasteiger partial charge is 0.455 e. The summed E-state index contributed by atoms with van der Waals surface area (Å²) in [6, 6.07) is 18.5. The Morgan fingerprint density at radius 3 is 2.43 bits per heavy atom. The highest BCUT2D eigenvalue weighted by Gasteiger charge is 2.25. The SMILES string of the molecule is O=C(c1ccc(CS(=O)c2ccccc2)o1)N1CCN(c2ccccn2)CC1. The van der Waals surface area contributed by atoms with Crippen LogP contribution in [0, 0.1) is 0 Å². The van der Waals surface area contributed by atoms with Crippen LogP contribution in [0.25, 0.3) is 0 Å². The zero-order valence-electron chi connectivity index (χ0n) is 15.4. The minimum Gasteiger partial charge on any atom is -0.455 e. The second kappa shape index (κ2) is 8.39. The van der Waals surface area contributed by atoms with E-state index in [4.69, 9.17) is 4.42 Å². The second-order valence-electron chi connectivity index (χ2n) is 6.54. The van der Waals surface area contributed by atoms with Crippen LogP contribution in [-0.2, 0) is 16.6 Å². The van der Waals surface area contributed by atoms with Gasteiger partial charge in [-0.3, -0.25) is 9.00 Å². The van der Waals surface area contributed by atoms with E-state index in [1.807, 2.05) is 48.5 Å². The molecule has 0 radical (unpaired) electrons. The number of nitrogens with zero attached hydrogens (tertiary/aromatic N) is 3. The summed E-state index contributed by atoms with van der Waals surface area (Å²) in [5.74, 6) is 1.91. The van der Waals surface area contributed by atoms with Crippen LogP contribution in [0.2, 0.25) is 0 Å². The summed E-state index contributed by atoms with van der Waals surface area (Å²) >= 11 is 0. The highest BCUT2D eigenvalue weighted by atomic mass is 32.2. The first kappa shape index (κ1) is 18.4. The molecule has 0 aliphatic carbocycles. The molecule has 0 bridgehead atoms. The molecule has 1 amide bonds. The molecule has 3 heterocycles. The molecule has 2 aromatic heterocycles. The van der Waals surface area contributed by atoms with E-state index in [1.54, 1.807) is 23.2 Å². The molecule has 144 valence electrons. The van der Waals surface area contributed by atoms with Crippen molar-refractivity contribution in [1.82, 2.24) is 9.88 Å². The Morgan fingerprint density at radius 1 is 0.964 bits per heavy atom. The first-order valence-corrected chi connectivity index (χ1v) is 10.5. The Morgan fingerprint density at radius 2 is 1.71 bits per heavy atom. The first-order chi connectivity index (χ1) is 13.7. The third-order valence-corrected chi connectivity index (χ3v) is 6.04. The van der Waals surface area contributed by atoms with Gasteiger partial charge in [0.15, 0.2) is 5.76 Å². The molecule has 1 aliphatic rings. The number of amides is 1. The number of pyridine rings is 1. The smallest absolute Gasteiger partial charge is 0.289 e. The summed E-state index contributed by atoms with van der Waals surface area (Å²) in [4.78, 5) is 21.8. The maximum absolute atomic E-state index is 12.7. The predicted octanol–water partition coefficient (Wildman–Crippen LogP) is 2.94. The van der Waals surface area contributed by atoms with Gasteiger partial charge in [0.2, 0.25) is 0 Å². The lowest BCUT2D eigenvalue weighted by molar-refractivity contribution is 0.0713. The number of carbonyl (C=O) groups excluding carboxylic acids is 1. The maximum atomic E-state index is 12.7. The number of furan rings is 1. The molecule has 1 saturated heterocycles. The number of carbonyl (C=O) groups is 1. The van der Waals surface area contributed by atoms with Crippen LogP contribution >= 0.6 is 0 Å². The summed E-state index contributed by atoms with van der Waals surface area (Å²) in [5, 5.41) is 0. The van der Waals surface area contributed by atoms with Gasteiger partial charge in [0, 0.05) is 37.3 Å². The monoisotopic (exact) mass is 395 g/mol. The Bertz CT molecular complexity index is 951. The van der Waals surface area contributed by atoms with Gasteiger partial charge in [0.1, 0.15) is 11.6 Å². The predicted molar refractivity (Wildman–Crippen MR) is 108 cm³/mol. The molecule has 7 heteroatoms. The summed E-state index contributed by atoms with van der Waals surface area (Å²) in [7, 11) is -1.20. The van der Waals surface area contributed by atoms with Crippen molar-refractivity contribution in [2.75, 3.05) is 31.1 Å². The Kier molecular flexibility index (Phi) is 5.53. The van der Waals surface area contributed by atoms with E-state index in [1.165, 1.54) is 0 Å². The van der Waals surface area contributed by atoms with E-state index in [0.29, 0.717) is 24.6 Å². The first-order valence-electron chi connectivity index (χ1n) is 9.18. The van der Waals surface area contributed by atoms with Crippen molar-refractivity contribution in [3.63, 3.8) is 0 Å². The number of anilines is 1. The van der Waals surface area contributed by atoms with Crippen molar-refractivity contribution in [2.24, 2.45) is 0 Å². The van der Waals surface area contributed by atoms with Crippen LogP contribution in [0.4, 0.5) is 5.82 Å². The van der Waals surface area contributed by atoms with E-state index in [0.717, 1.165) is 23.8 Å². The van der Waals surface area contributed by atoms with Crippen molar-refractivity contribution < 1.29 is 13.4 Å². The number of rotatable bonds is 5. The van der Waals surface area contributed by atoms with Crippen molar-refractivity contribution in [1.29, 1.82) is 0 Å². The molecule has 0 spiro atoms. The molecule has 1 fully saturated rings. The van der Waals surface area contributed by atoms with Gasteiger partial charge in [-0.25, -0.2) is 4.98 Å². The molecule has 6 nitrogen and oxygen atoms in total. The highest BCUT2D eigenvalue weighted by Crippen LogP contribution is 2.18. The van der Waals surface area contributed by atoms with Gasteiger partial charge < -0.3 is 14.2 Å². The molecule has 28 heavy (non-hydrogen) atoms. The van der Waals surface area contributed by atoms with E-state index in [9.17, 15) is 9.00 Å². The van der Waals surface area contributed by atoms with Gasteiger partial charge in [-0.1, -0.05) is 24.3 Å². The average molecular weight is 395 g/mol. The van der Waals surface area contributed by atoms with Crippen LogP contribution in [-0.4, -0.2) is 46.2 Å². The lowest BCUT2D eigenvalue weighted by Crippen LogP contribution is -2.49. The average Bonchev–Trinajstić information content (AvgIpc) is 3.23. The molecule has 0 saturated carbocycles. The maximum Gasteiger partial charge on any atom is 0.289 e. The van der Waals surface area contributed by atoms with Crippen molar-refractivity contribution in [3.8, 4) is 0 Å². The molecule has 1 unspecified atom stereocenters. The molecule has 1 aromatic carbocycles. The molecular formula is C21H21N3O3S. The highest BCUT2D eigenvalue weighted by molar-refractivity contribution is 7.84. The zero-order valence-corrected chi connectivity index (χ0v) is 16.2. The fourth-order valence-electron chi connectivity index (χ4n) is 3.19. The van der Waals surface area contributed by atoms with Crippen LogP contribution in [0.5, 0.6) is 0 Å². The van der Waals surface area contributed by atoms with Gasteiger partial charge in [0.25, 0.3) is 5.91 Å². The van der Waals surface area contributed by atoms with E-state index >= 15 is 0 Å². The summed E-state index contributed by atoms with van der Waals surface area (Å²) in [6.45, 7) is 2.69. The van der Waals surface area contributed by atoms with Gasteiger partial charge in [-0.15, -0.1) is 0 Å². The summed E-state index contributed by atoms with van der Waals surface area (Å²) in [6.07, 6.45) is 1.77. The van der Waals surface area contributed by atoms with Crippen LogP contribution in [0.3, 0.4) is 0 Å². The van der Waals surface area contributed by atoms with Gasteiger partial charge in [-0.05, 0) is 36.4 Å². The molecule has 3 aromatic rings. The zero-order chi connectivity index (χ0) is 19.3. The van der Waals surface area contributed by atoms with Gasteiger partial charge in [-0.2, -0.15) is 0 Å². The summed E-state index contributed by atoms with van der Waals surface area (Å²) in [5.41, 5.74) is 0. The number of benzene rings is 1. The Balaban J connectivity index is 1.35. The Labute approximate surface area is 166 Å². The summed E-state index contributed by atoms with van der Waals surface area (Å²) < 4.78 is 18.1. The van der Waals surface area contributed by atoms with Crippen LogP contribution in [0.1, 0.15) is 16.3 Å². The third-order valence-electron chi connectivity index (χ3n) is 4.69. The van der Waals surface area contributed by atoms with Crippen molar-refractivity contribution >= 4 is 22.5 Å². The Hall–Kier alpha value is -2.93. The molecule has 1 aliphatic heterocycles. The second-order valence-corrected chi connectivity index (χ2v) is 7.99. The number of piperazine rings is 1. The standard InChI is InChI=1S/C21H21N3O3S/c25-21(24-14-12-23(13-15-24)20-8-4-5-11-22-20)19-10-9-17(27-19)16-28(26)18-6-2-1-3-7-18/h1-11H,12-16H2. The van der Waals surface area contributed by atoms with E-state index in [2.05, 4.69) is 9.88 Å². The fourth-order valence-corrected chi connectivity index (χ4v) is 4.23. The minimum absolute atomic E-state index is 0.127. The van der Waals surface area contributed by atoms with Gasteiger partial charge in [0.05, 0.1) is 16.6 Å². The lowest BCUT2D eigenvalue weighted by atomic mass is 10.2. The fraction of sp³-hybridized carbons (Fsp3) is 0.238. The number of hydrogen-bond acceptors (Lipinski definition) is 5. The number of aromatic nitrogens is 1. The lowest BCUT2D eigenvalue weighted by Gasteiger charge is -2.34. The van der Waals surface area contributed by atoms with Gasteiger partial charge >= 0.3 is 0 Å². The quantitative estimate of drug-likeness (QED) is 0.665. The molecule has 4 rings (SSSR count). The van der Waals surface area contributed by atoms with Crippen molar-refractivity contribution in [3.05, 3.63) is 78.4 Å². The minimum atomic E-state index is -1.20. The third kappa shape index (κ3) is 4.14. The van der Waals surface area contributed by atoms with E-state index < -0.39 is 10.8 Å². The number of hydrogen-bond donors (Lipinski definition) is 0. The molecule has 0 N–H and O–H groups in total.